The molecule has 5 nitrogen and oxygen atoms in total. The third kappa shape index (κ3) is 6.84. The second kappa shape index (κ2) is 10.1. The van der Waals surface area contributed by atoms with Crippen LogP contribution in [0.5, 0.6) is 5.88 Å². The number of amides is 1. The van der Waals surface area contributed by atoms with Gasteiger partial charge in [-0.15, -0.1) is 0 Å². The minimum Gasteiger partial charge on any atom is -0.468 e. The third-order valence-electron chi connectivity index (χ3n) is 4.18. The first kappa shape index (κ1) is 21.7. The topological polar surface area (TPSA) is 54.5 Å². The number of benzene rings is 1. The lowest BCUT2D eigenvalue weighted by molar-refractivity contribution is -0.154. The molecule has 1 amide bonds. The maximum atomic E-state index is 12.3. The maximum absolute atomic E-state index is 12.3. The zero-order valence-corrected chi connectivity index (χ0v) is 15.9. The van der Waals surface area contributed by atoms with Gasteiger partial charge in [-0.25, -0.2) is 4.98 Å². The van der Waals surface area contributed by atoms with Gasteiger partial charge >= 0.3 is 6.18 Å². The van der Waals surface area contributed by atoms with Crippen LogP contribution in [0.25, 0.3) is 0 Å². The molecule has 0 spiro atoms. The van der Waals surface area contributed by atoms with Crippen molar-refractivity contribution >= 4 is 5.91 Å². The van der Waals surface area contributed by atoms with Crippen LogP contribution in [0, 0.1) is 0 Å². The van der Waals surface area contributed by atoms with Crippen LogP contribution in [-0.4, -0.2) is 41.7 Å². The molecule has 0 aliphatic heterocycles. The molecule has 0 bridgehead atoms. The van der Waals surface area contributed by atoms with Crippen LogP contribution in [0.1, 0.15) is 35.3 Å². The predicted molar refractivity (Wildman–Crippen MR) is 100 cm³/mol. The Labute approximate surface area is 162 Å². The first-order valence-corrected chi connectivity index (χ1v) is 9.05. The van der Waals surface area contributed by atoms with Crippen LogP contribution < -0.4 is 10.1 Å². The van der Waals surface area contributed by atoms with E-state index >= 15 is 0 Å². The number of aromatic nitrogens is 1. The van der Waals surface area contributed by atoms with Crippen molar-refractivity contribution in [1.82, 2.24) is 15.2 Å². The summed E-state index contributed by atoms with van der Waals surface area (Å²) in [5, 5.41) is 2.68. The molecular weight excluding hydrogens is 371 g/mol. The van der Waals surface area contributed by atoms with E-state index < -0.39 is 12.8 Å². The molecule has 0 radical (unpaired) electrons. The number of rotatable bonds is 9. The molecule has 2 aromatic rings. The second-order valence-electron chi connectivity index (χ2n) is 6.21. The Balaban J connectivity index is 1.95. The number of carbonyl (C=O) groups excluding carboxylic acids is 1. The van der Waals surface area contributed by atoms with Gasteiger partial charge in [0.2, 0.25) is 5.88 Å². The number of carbonyl (C=O) groups is 1. The summed E-state index contributed by atoms with van der Waals surface area (Å²) in [6.45, 7) is 5.47. The minimum atomic E-state index is -4.45. The Morgan fingerprint density at radius 1 is 1.14 bits per heavy atom. The van der Waals surface area contributed by atoms with Gasteiger partial charge in [-0.05, 0) is 36.9 Å². The highest BCUT2D eigenvalue weighted by atomic mass is 19.4. The Bertz CT molecular complexity index is 760. The van der Waals surface area contributed by atoms with E-state index in [4.69, 9.17) is 4.74 Å². The SMILES string of the molecule is CCN(CC)Cc1ccc(C(=O)NCc2cccnc2OCC(F)(F)F)cc1. The molecule has 0 saturated heterocycles. The summed E-state index contributed by atoms with van der Waals surface area (Å²) in [7, 11) is 0. The zero-order chi connectivity index (χ0) is 20.6. The van der Waals surface area contributed by atoms with Gasteiger partial charge < -0.3 is 10.1 Å². The fourth-order valence-electron chi connectivity index (χ4n) is 2.58. The average molecular weight is 395 g/mol. The summed E-state index contributed by atoms with van der Waals surface area (Å²) in [6, 6.07) is 10.4. The molecule has 152 valence electrons. The highest BCUT2D eigenvalue weighted by molar-refractivity contribution is 5.94. The fraction of sp³-hybridized carbons (Fsp3) is 0.400. The van der Waals surface area contributed by atoms with Gasteiger partial charge in [-0.3, -0.25) is 9.69 Å². The van der Waals surface area contributed by atoms with Crippen molar-refractivity contribution in [3.05, 3.63) is 59.3 Å². The normalized spacial score (nSPS) is 11.5. The molecule has 1 aromatic carbocycles. The lowest BCUT2D eigenvalue weighted by Gasteiger charge is -2.18. The van der Waals surface area contributed by atoms with E-state index in [1.165, 1.54) is 6.20 Å². The van der Waals surface area contributed by atoms with Gasteiger partial charge in [0, 0.05) is 30.4 Å². The van der Waals surface area contributed by atoms with E-state index in [0.29, 0.717) is 11.1 Å². The lowest BCUT2D eigenvalue weighted by Crippen LogP contribution is -2.25. The maximum Gasteiger partial charge on any atom is 0.422 e. The van der Waals surface area contributed by atoms with Crippen molar-refractivity contribution in [3.8, 4) is 5.88 Å². The Morgan fingerprint density at radius 2 is 1.82 bits per heavy atom. The summed E-state index contributed by atoms with van der Waals surface area (Å²) >= 11 is 0. The molecule has 8 heteroatoms. The summed E-state index contributed by atoms with van der Waals surface area (Å²) < 4.78 is 41.7. The van der Waals surface area contributed by atoms with Gasteiger partial charge in [-0.2, -0.15) is 13.2 Å². The monoisotopic (exact) mass is 395 g/mol. The van der Waals surface area contributed by atoms with Crippen LogP contribution in [0.3, 0.4) is 0 Å². The molecule has 28 heavy (non-hydrogen) atoms. The van der Waals surface area contributed by atoms with E-state index in [9.17, 15) is 18.0 Å². The number of halogens is 3. The number of alkyl halides is 3. The third-order valence-corrected chi connectivity index (χ3v) is 4.18. The molecule has 0 aliphatic carbocycles. The van der Waals surface area contributed by atoms with Crippen molar-refractivity contribution in [2.45, 2.75) is 33.1 Å². The van der Waals surface area contributed by atoms with Crippen molar-refractivity contribution in [2.24, 2.45) is 0 Å². The summed E-state index contributed by atoms with van der Waals surface area (Å²) in [4.78, 5) is 18.4. The zero-order valence-electron chi connectivity index (χ0n) is 15.9. The molecule has 0 saturated carbocycles. The van der Waals surface area contributed by atoms with Gasteiger partial charge in [0.1, 0.15) is 0 Å². The molecule has 0 unspecified atom stereocenters. The molecule has 1 heterocycles. The summed E-state index contributed by atoms with van der Waals surface area (Å²) in [6.07, 6.45) is -3.11. The van der Waals surface area contributed by atoms with Crippen LogP contribution in [-0.2, 0) is 13.1 Å². The van der Waals surface area contributed by atoms with E-state index in [2.05, 4.69) is 29.0 Å². The largest absolute Gasteiger partial charge is 0.468 e. The Kier molecular flexibility index (Phi) is 7.80. The predicted octanol–water partition coefficient (Wildman–Crippen LogP) is 3.79. The van der Waals surface area contributed by atoms with Gasteiger partial charge in [-0.1, -0.05) is 32.0 Å². The van der Waals surface area contributed by atoms with Gasteiger partial charge in [0.15, 0.2) is 6.61 Å². The van der Waals surface area contributed by atoms with Crippen LogP contribution in [0.4, 0.5) is 13.2 Å². The van der Waals surface area contributed by atoms with E-state index in [0.717, 1.165) is 25.2 Å². The lowest BCUT2D eigenvalue weighted by atomic mass is 10.1. The smallest absolute Gasteiger partial charge is 0.422 e. The minimum absolute atomic E-state index is 0.0149. The quantitative estimate of drug-likeness (QED) is 0.702. The van der Waals surface area contributed by atoms with E-state index in [-0.39, 0.29) is 18.3 Å². The highest BCUT2D eigenvalue weighted by Crippen LogP contribution is 2.20. The number of hydrogen-bond donors (Lipinski definition) is 1. The van der Waals surface area contributed by atoms with E-state index in [1.54, 1.807) is 24.3 Å². The van der Waals surface area contributed by atoms with Crippen LogP contribution >= 0.6 is 0 Å². The molecule has 1 N–H and O–H groups in total. The fourth-order valence-corrected chi connectivity index (χ4v) is 2.58. The Morgan fingerprint density at radius 3 is 2.43 bits per heavy atom. The molecule has 1 aromatic heterocycles. The van der Waals surface area contributed by atoms with Crippen LogP contribution in [0.2, 0.25) is 0 Å². The Hall–Kier alpha value is -2.61. The molecule has 0 aliphatic rings. The first-order valence-electron chi connectivity index (χ1n) is 9.05. The number of hydrogen-bond acceptors (Lipinski definition) is 4. The van der Waals surface area contributed by atoms with Crippen LogP contribution in [0.15, 0.2) is 42.6 Å². The molecule has 0 atom stereocenters. The number of nitrogens with one attached hydrogen (secondary N) is 1. The number of nitrogens with zero attached hydrogens (tertiary/aromatic N) is 2. The summed E-state index contributed by atoms with van der Waals surface area (Å²) in [5.74, 6) is -0.463. The van der Waals surface area contributed by atoms with Crippen molar-refractivity contribution < 1.29 is 22.7 Å². The van der Waals surface area contributed by atoms with Gasteiger partial charge in [0.25, 0.3) is 5.91 Å². The highest BCUT2D eigenvalue weighted by Gasteiger charge is 2.29. The second-order valence-corrected chi connectivity index (χ2v) is 6.21. The number of ether oxygens (including phenoxy) is 1. The molecule has 0 fully saturated rings. The van der Waals surface area contributed by atoms with Gasteiger partial charge in [0.05, 0.1) is 0 Å². The van der Waals surface area contributed by atoms with E-state index in [1.807, 2.05) is 12.1 Å². The summed E-state index contributed by atoms with van der Waals surface area (Å²) in [5.41, 5.74) is 1.96. The van der Waals surface area contributed by atoms with Crippen molar-refractivity contribution in [1.29, 1.82) is 0 Å². The molecular formula is C20H24F3N3O2. The standard InChI is InChI=1S/C20H24F3N3O2/c1-3-26(4-2)13-15-7-9-16(10-8-15)18(27)25-12-17-6-5-11-24-19(17)28-14-20(21,22)23/h5-11H,3-4,12-14H2,1-2H3,(H,25,27). The molecule has 2 rings (SSSR count). The van der Waals surface area contributed by atoms with Crippen molar-refractivity contribution in [3.63, 3.8) is 0 Å². The average Bonchev–Trinajstić information content (AvgIpc) is 2.69. The first-order chi connectivity index (χ1) is 13.3. The van der Waals surface area contributed by atoms with Crippen molar-refractivity contribution in [2.75, 3.05) is 19.7 Å². The number of pyridine rings is 1.